The predicted molar refractivity (Wildman–Crippen MR) is 102 cm³/mol. The van der Waals surface area contributed by atoms with E-state index in [1.807, 2.05) is 18.2 Å². The first-order valence-electron chi connectivity index (χ1n) is 9.28. The summed E-state index contributed by atoms with van der Waals surface area (Å²) in [7, 11) is 0. The van der Waals surface area contributed by atoms with Gasteiger partial charge in [0.15, 0.2) is 0 Å². The molecule has 1 aromatic heterocycles. The number of carbonyl (C=O) groups excluding carboxylic acids is 2. The Morgan fingerprint density at radius 3 is 2.70 bits per heavy atom. The Balaban J connectivity index is 1.69. The van der Waals surface area contributed by atoms with Crippen molar-refractivity contribution in [2.75, 3.05) is 19.6 Å². The molecule has 6 heteroatoms. The quantitative estimate of drug-likeness (QED) is 0.876. The molecule has 0 radical (unpaired) electrons. The maximum atomic E-state index is 12.7. The summed E-state index contributed by atoms with van der Waals surface area (Å²) >= 11 is 0. The number of rotatable bonds is 5. The van der Waals surface area contributed by atoms with Crippen molar-refractivity contribution in [3.8, 4) is 0 Å². The third-order valence-corrected chi connectivity index (χ3v) is 4.69. The molecule has 142 valence electrons. The molecule has 0 unspecified atom stereocenters. The lowest BCUT2D eigenvalue weighted by Crippen LogP contribution is -2.39. The van der Waals surface area contributed by atoms with Crippen molar-refractivity contribution in [1.29, 1.82) is 0 Å². The summed E-state index contributed by atoms with van der Waals surface area (Å²) in [6, 6.07) is 11.9. The van der Waals surface area contributed by atoms with Gasteiger partial charge in [0.2, 0.25) is 5.91 Å². The van der Waals surface area contributed by atoms with Crippen LogP contribution in [0.5, 0.6) is 0 Å². The Morgan fingerprint density at radius 1 is 1.19 bits per heavy atom. The molecule has 0 aliphatic carbocycles. The van der Waals surface area contributed by atoms with Gasteiger partial charge in [-0.05, 0) is 43.4 Å². The molecule has 3 rings (SSSR count). The molecule has 0 atom stereocenters. The number of benzene rings is 1. The van der Waals surface area contributed by atoms with Crippen molar-refractivity contribution >= 4 is 11.8 Å². The van der Waals surface area contributed by atoms with Gasteiger partial charge in [0.25, 0.3) is 5.91 Å². The number of hydrogen-bond acceptors (Lipinski definition) is 4. The molecule has 1 aliphatic heterocycles. The Labute approximate surface area is 158 Å². The van der Waals surface area contributed by atoms with Crippen LogP contribution < -0.4 is 10.9 Å². The summed E-state index contributed by atoms with van der Waals surface area (Å²) in [6.45, 7) is 2.69. The van der Waals surface area contributed by atoms with E-state index in [1.54, 1.807) is 13.0 Å². The average Bonchev–Trinajstić information content (AvgIpc) is 2.86. The van der Waals surface area contributed by atoms with Gasteiger partial charge in [-0.25, -0.2) is 4.79 Å². The van der Waals surface area contributed by atoms with E-state index in [9.17, 15) is 14.4 Å². The fourth-order valence-electron chi connectivity index (χ4n) is 3.30. The smallest absolute Gasteiger partial charge is 0.349 e. The van der Waals surface area contributed by atoms with Crippen molar-refractivity contribution < 1.29 is 14.0 Å². The second-order valence-electron chi connectivity index (χ2n) is 6.83. The van der Waals surface area contributed by atoms with Crippen LogP contribution >= 0.6 is 0 Å². The van der Waals surface area contributed by atoms with Crippen LogP contribution in [0.3, 0.4) is 0 Å². The molecule has 27 heavy (non-hydrogen) atoms. The SMILES string of the molecule is Cc1cc(CCCc2ccccc2)oc(=O)c1C(=O)N1CCCNC(=O)C1. The monoisotopic (exact) mass is 368 g/mol. The highest BCUT2D eigenvalue weighted by molar-refractivity contribution is 5.97. The van der Waals surface area contributed by atoms with Crippen LogP contribution in [0.25, 0.3) is 0 Å². The maximum absolute atomic E-state index is 12.7. The Bertz CT molecular complexity index is 873. The molecule has 1 aromatic carbocycles. The standard InChI is InChI=1S/C21H24N2O4/c1-15-13-17(10-5-9-16-7-3-2-4-8-16)27-21(26)19(15)20(25)23-12-6-11-22-18(24)14-23/h2-4,7-8,13H,5-6,9-12,14H2,1H3,(H,22,24). The lowest BCUT2D eigenvalue weighted by atomic mass is 10.1. The van der Waals surface area contributed by atoms with Crippen molar-refractivity contribution in [3.63, 3.8) is 0 Å². The zero-order chi connectivity index (χ0) is 19.2. The van der Waals surface area contributed by atoms with Crippen LogP contribution in [-0.2, 0) is 17.6 Å². The molecule has 2 heterocycles. The van der Waals surface area contributed by atoms with Gasteiger partial charge in [-0.15, -0.1) is 0 Å². The van der Waals surface area contributed by atoms with Gasteiger partial charge in [-0.2, -0.15) is 0 Å². The lowest BCUT2D eigenvalue weighted by Gasteiger charge is -2.19. The van der Waals surface area contributed by atoms with E-state index < -0.39 is 11.5 Å². The highest BCUT2D eigenvalue weighted by Gasteiger charge is 2.25. The molecular weight excluding hydrogens is 344 g/mol. The van der Waals surface area contributed by atoms with Crippen molar-refractivity contribution in [1.82, 2.24) is 10.2 Å². The number of carbonyl (C=O) groups is 2. The van der Waals surface area contributed by atoms with E-state index in [0.717, 1.165) is 12.8 Å². The fourth-order valence-corrected chi connectivity index (χ4v) is 3.30. The van der Waals surface area contributed by atoms with Gasteiger partial charge >= 0.3 is 5.63 Å². The first-order valence-corrected chi connectivity index (χ1v) is 9.28. The first-order chi connectivity index (χ1) is 13.0. The number of amides is 2. The fraction of sp³-hybridized carbons (Fsp3) is 0.381. The summed E-state index contributed by atoms with van der Waals surface area (Å²) < 4.78 is 5.39. The molecular formula is C21H24N2O4. The molecule has 1 N–H and O–H groups in total. The van der Waals surface area contributed by atoms with E-state index in [2.05, 4.69) is 17.4 Å². The molecule has 1 fully saturated rings. The Hall–Kier alpha value is -2.89. The summed E-state index contributed by atoms with van der Waals surface area (Å²) in [5.41, 5.74) is 1.23. The molecule has 0 spiro atoms. The molecule has 6 nitrogen and oxygen atoms in total. The van der Waals surface area contributed by atoms with Gasteiger partial charge in [0.05, 0.1) is 6.54 Å². The largest absolute Gasteiger partial charge is 0.427 e. The molecule has 0 bridgehead atoms. The maximum Gasteiger partial charge on any atom is 0.349 e. The average molecular weight is 368 g/mol. The van der Waals surface area contributed by atoms with E-state index in [1.165, 1.54) is 10.5 Å². The molecule has 1 aliphatic rings. The van der Waals surface area contributed by atoms with Crippen molar-refractivity contribution in [2.45, 2.75) is 32.6 Å². The van der Waals surface area contributed by atoms with Gasteiger partial charge in [0.1, 0.15) is 11.3 Å². The van der Waals surface area contributed by atoms with E-state index >= 15 is 0 Å². The summed E-state index contributed by atoms with van der Waals surface area (Å²) in [6.07, 6.45) is 3.05. The minimum atomic E-state index is -0.626. The van der Waals surface area contributed by atoms with Crippen LogP contribution in [0.2, 0.25) is 0 Å². The zero-order valence-corrected chi connectivity index (χ0v) is 15.5. The normalized spacial score (nSPS) is 14.6. The number of hydrogen-bond donors (Lipinski definition) is 1. The van der Waals surface area contributed by atoms with E-state index in [0.29, 0.717) is 37.3 Å². The topological polar surface area (TPSA) is 79.6 Å². The number of nitrogens with zero attached hydrogens (tertiary/aromatic N) is 1. The minimum Gasteiger partial charge on any atom is -0.427 e. The highest BCUT2D eigenvalue weighted by atomic mass is 16.4. The predicted octanol–water partition coefficient (Wildman–Crippen LogP) is 2.09. The molecule has 0 saturated carbocycles. The minimum absolute atomic E-state index is 0.0245. The van der Waals surface area contributed by atoms with Gasteiger partial charge in [0, 0.05) is 19.5 Å². The lowest BCUT2D eigenvalue weighted by molar-refractivity contribution is -0.121. The van der Waals surface area contributed by atoms with Crippen LogP contribution in [0.4, 0.5) is 0 Å². The van der Waals surface area contributed by atoms with Crippen LogP contribution in [0, 0.1) is 6.92 Å². The second kappa shape index (κ2) is 8.66. The van der Waals surface area contributed by atoms with Crippen LogP contribution in [0.15, 0.2) is 45.6 Å². The third-order valence-electron chi connectivity index (χ3n) is 4.69. The zero-order valence-electron chi connectivity index (χ0n) is 15.5. The summed E-state index contributed by atoms with van der Waals surface area (Å²) in [4.78, 5) is 38.3. The molecule has 1 saturated heterocycles. The Kier molecular flexibility index (Phi) is 6.06. The van der Waals surface area contributed by atoms with Crippen molar-refractivity contribution in [3.05, 3.63) is 69.3 Å². The highest BCUT2D eigenvalue weighted by Crippen LogP contribution is 2.13. The third kappa shape index (κ3) is 4.84. The molecule has 2 amide bonds. The number of nitrogens with one attached hydrogen (secondary N) is 1. The first kappa shape index (κ1) is 18.9. The van der Waals surface area contributed by atoms with Crippen LogP contribution in [-0.4, -0.2) is 36.3 Å². The van der Waals surface area contributed by atoms with Gasteiger partial charge in [-0.1, -0.05) is 30.3 Å². The van der Waals surface area contributed by atoms with Gasteiger partial charge in [-0.3, -0.25) is 9.59 Å². The molecule has 2 aromatic rings. The van der Waals surface area contributed by atoms with Crippen molar-refractivity contribution in [2.24, 2.45) is 0 Å². The van der Waals surface area contributed by atoms with Crippen LogP contribution in [0.1, 0.15) is 40.1 Å². The summed E-state index contributed by atoms with van der Waals surface area (Å²) in [5.74, 6) is -0.0619. The second-order valence-corrected chi connectivity index (χ2v) is 6.83. The summed E-state index contributed by atoms with van der Waals surface area (Å²) in [5, 5.41) is 2.72. The van der Waals surface area contributed by atoms with E-state index in [-0.39, 0.29) is 18.0 Å². The number of aryl methyl sites for hydroxylation is 3. The Morgan fingerprint density at radius 2 is 1.96 bits per heavy atom. The van der Waals surface area contributed by atoms with E-state index in [4.69, 9.17) is 4.42 Å². The van der Waals surface area contributed by atoms with Gasteiger partial charge < -0.3 is 14.6 Å².